The molecule has 3 N–H and O–H groups in total. The predicted octanol–water partition coefficient (Wildman–Crippen LogP) is 0.290. The van der Waals surface area contributed by atoms with E-state index < -0.39 is 16.1 Å². The Morgan fingerprint density at radius 2 is 1.95 bits per heavy atom. The van der Waals surface area contributed by atoms with Crippen molar-refractivity contribution in [3.05, 3.63) is 24.3 Å². The van der Waals surface area contributed by atoms with Crippen molar-refractivity contribution in [3.8, 4) is 5.75 Å². The molecule has 19 heavy (non-hydrogen) atoms. The smallest absolute Gasteiger partial charge is 0.217 e. The lowest BCUT2D eigenvalue weighted by Crippen LogP contribution is -2.39. The zero-order chi connectivity index (χ0) is 14.5. The highest BCUT2D eigenvalue weighted by Crippen LogP contribution is 2.13. The Bertz CT molecular complexity index is 487. The third-order valence-electron chi connectivity index (χ3n) is 2.81. The number of likely N-dealkylation sites (N-methyl/N-ethyl adjacent to an activating group) is 1. The topological polar surface area (TPSA) is 92.9 Å². The Hall–Kier alpha value is -1.31. The molecule has 0 aliphatic rings. The van der Waals surface area contributed by atoms with Gasteiger partial charge in [-0.2, -0.15) is 4.31 Å². The van der Waals surface area contributed by atoms with Crippen LogP contribution in [0.2, 0.25) is 0 Å². The molecule has 0 radical (unpaired) electrons. The summed E-state index contributed by atoms with van der Waals surface area (Å²) in [6.45, 7) is 1.47. The van der Waals surface area contributed by atoms with E-state index in [-0.39, 0.29) is 19.0 Å². The maximum absolute atomic E-state index is 11.9. The number of hydrogen-bond acceptors (Lipinski definition) is 5. The average Bonchev–Trinajstić information content (AvgIpc) is 2.39. The molecule has 1 unspecified atom stereocenters. The van der Waals surface area contributed by atoms with Gasteiger partial charge in [0, 0.05) is 18.8 Å². The molecule has 0 aliphatic heterocycles. The molecule has 0 aliphatic carbocycles. The number of sulfonamides is 1. The van der Waals surface area contributed by atoms with Gasteiger partial charge >= 0.3 is 0 Å². The molecule has 108 valence electrons. The number of nitrogens with zero attached hydrogens (tertiary/aromatic N) is 1. The van der Waals surface area contributed by atoms with E-state index in [0.29, 0.717) is 11.4 Å². The van der Waals surface area contributed by atoms with Gasteiger partial charge < -0.3 is 15.6 Å². The number of aliphatic hydroxyl groups excluding tert-OH is 1. The van der Waals surface area contributed by atoms with Crippen molar-refractivity contribution in [2.24, 2.45) is 0 Å². The summed E-state index contributed by atoms with van der Waals surface area (Å²) in [7, 11) is -1.98. The molecular weight excluding hydrogens is 268 g/mol. The van der Waals surface area contributed by atoms with E-state index in [4.69, 9.17) is 15.6 Å². The SMILES string of the molecule is CC(CO)N(C)S(=O)(=O)CCOc1ccc(N)cc1. The van der Waals surface area contributed by atoms with E-state index in [1.807, 2.05) is 0 Å². The molecule has 0 aromatic heterocycles. The van der Waals surface area contributed by atoms with Gasteiger partial charge in [-0.25, -0.2) is 8.42 Å². The van der Waals surface area contributed by atoms with Crippen LogP contribution in [-0.4, -0.2) is 49.9 Å². The lowest BCUT2D eigenvalue weighted by Gasteiger charge is -2.22. The van der Waals surface area contributed by atoms with Crippen molar-refractivity contribution in [3.63, 3.8) is 0 Å². The van der Waals surface area contributed by atoms with Crippen LogP contribution in [0.15, 0.2) is 24.3 Å². The van der Waals surface area contributed by atoms with Crippen molar-refractivity contribution in [1.29, 1.82) is 0 Å². The standard InChI is InChI=1S/C12H20N2O4S/c1-10(9-15)14(2)19(16,17)8-7-18-12-5-3-11(13)4-6-12/h3-6,10,15H,7-9,13H2,1-2H3. The van der Waals surface area contributed by atoms with Crippen molar-refractivity contribution in [1.82, 2.24) is 4.31 Å². The maximum Gasteiger partial charge on any atom is 0.217 e. The first-order valence-corrected chi connectivity index (χ1v) is 7.52. The van der Waals surface area contributed by atoms with Crippen LogP contribution in [0.4, 0.5) is 5.69 Å². The summed E-state index contributed by atoms with van der Waals surface area (Å²) in [5.41, 5.74) is 6.15. The first-order valence-electron chi connectivity index (χ1n) is 5.91. The fourth-order valence-electron chi connectivity index (χ4n) is 1.36. The van der Waals surface area contributed by atoms with Crippen LogP contribution in [0.25, 0.3) is 0 Å². The monoisotopic (exact) mass is 288 g/mol. The molecule has 1 aromatic carbocycles. The van der Waals surface area contributed by atoms with Gasteiger partial charge in [0.05, 0.1) is 12.4 Å². The lowest BCUT2D eigenvalue weighted by atomic mass is 10.3. The zero-order valence-corrected chi connectivity index (χ0v) is 11.9. The van der Waals surface area contributed by atoms with Crippen LogP contribution in [0, 0.1) is 0 Å². The maximum atomic E-state index is 11.9. The Kier molecular flexibility index (Phi) is 5.59. The van der Waals surface area contributed by atoms with Crippen LogP contribution in [0.3, 0.4) is 0 Å². The molecule has 0 bridgehead atoms. The second-order valence-corrected chi connectivity index (χ2v) is 6.43. The molecule has 1 aromatic rings. The van der Waals surface area contributed by atoms with E-state index in [1.165, 1.54) is 7.05 Å². The first kappa shape index (κ1) is 15.7. The van der Waals surface area contributed by atoms with Crippen molar-refractivity contribution in [2.75, 3.05) is 31.7 Å². The molecule has 6 nitrogen and oxygen atoms in total. The Balaban J connectivity index is 2.50. The van der Waals surface area contributed by atoms with E-state index in [2.05, 4.69) is 0 Å². The number of hydrogen-bond donors (Lipinski definition) is 2. The lowest BCUT2D eigenvalue weighted by molar-refractivity contribution is 0.213. The molecule has 0 saturated carbocycles. The van der Waals surface area contributed by atoms with Gasteiger partial charge in [0.1, 0.15) is 12.4 Å². The Labute approximate surface area is 113 Å². The zero-order valence-electron chi connectivity index (χ0n) is 11.1. The molecular formula is C12H20N2O4S. The largest absolute Gasteiger partial charge is 0.492 e. The van der Waals surface area contributed by atoms with E-state index in [1.54, 1.807) is 31.2 Å². The van der Waals surface area contributed by atoms with Gasteiger partial charge in [0.25, 0.3) is 0 Å². The minimum absolute atomic E-state index is 0.0503. The highest BCUT2D eigenvalue weighted by Gasteiger charge is 2.22. The van der Waals surface area contributed by atoms with Crippen molar-refractivity contribution in [2.45, 2.75) is 13.0 Å². The van der Waals surface area contributed by atoms with Crippen molar-refractivity contribution < 1.29 is 18.3 Å². The van der Waals surface area contributed by atoms with Gasteiger partial charge in [-0.1, -0.05) is 0 Å². The minimum atomic E-state index is -3.43. The molecule has 7 heteroatoms. The highest BCUT2D eigenvalue weighted by molar-refractivity contribution is 7.89. The van der Waals surface area contributed by atoms with Crippen LogP contribution >= 0.6 is 0 Å². The number of ether oxygens (including phenoxy) is 1. The van der Waals surface area contributed by atoms with Gasteiger partial charge in [-0.3, -0.25) is 0 Å². The summed E-state index contributed by atoms with van der Waals surface area (Å²) in [6.07, 6.45) is 0. The van der Waals surface area contributed by atoms with Crippen LogP contribution in [-0.2, 0) is 10.0 Å². The second kappa shape index (κ2) is 6.74. The minimum Gasteiger partial charge on any atom is -0.492 e. The number of rotatable bonds is 7. The fourth-order valence-corrected chi connectivity index (χ4v) is 2.56. The molecule has 0 spiro atoms. The van der Waals surface area contributed by atoms with E-state index in [9.17, 15) is 8.42 Å². The summed E-state index contributed by atoms with van der Waals surface area (Å²) in [5, 5.41) is 8.95. The number of nitrogens with two attached hydrogens (primary N) is 1. The van der Waals surface area contributed by atoms with Crippen LogP contribution < -0.4 is 10.5 Å². The summed E-state index contributed by atoms with van der Waals surface area (Å²) in [4.78, 5) is 0. The summed E-state index contributed by atoms with van der Waals surface area (Å²) < 4.78 is 30.3. The van der Waals surface area contributed by atoms with Crippen LogP contribution in [0.1, 0.15) is 6.92 Å². The number of aliphatic hydroxyl groups is 1. The van der Waals surface area contributed by atoms with E-state index in [0.717, 1.165) is 4.31 Å². The third-order valence-corrected chi connectivity index (χ3v) is 4.73. The quantitative estimate of drug-likeness (QED) is 0.703. The number of benzene rings is 1. The second-order valence-electron chi connectivity index (χ2n) is 4.28. The fraction of sp³-hybridized carbons (Fsp3) is 0.500. The van der Waals surface area contributed by atoms with Crippen LogP contribution in [0.5, 0.6) is 5.75 Å². The Morgan fingerprint density at radius 3 is 2.47 bits per heavy atom. The Morgan fingerprint density at radius 1 is 1.37 bits per heavy atom. The van der Waals surface area contributed by atoms with Gasteiger partial charge in [0.2, 0.25) is 10.0 Å². The number of anilines is 1. The average molecular weight is 288 g/mol. The van der Waals surface area contributed by atoms with Gasteiger partial charge in [-0.15, -0.1) is 0 Å². The normalized spacial score (nSPS) is 13.5. The molecule has 0 saturated heterocycles. The summed E-state index contributed by atoms with van der Waals surface area (Å²) in [6, 6.07) is 6.29. The van der Waals surface area contributed by atoms with Gasteiger partial charge in [-0.05, 0) is 31.2 Å². The third kappa shape index (κ3) is 4.70. The highest BCUT2D eigenvalue weighted by atomic mass is 32.2. The predicted molar refractivity (Wildman–Crippen MR) is 74.4 cm³/mol. The molecule has 0 amide bonds. The molecule has 0 fully saturated rings. The van der Waals surface area contributed by atoms with E-state index >= 15 is 0 Å². The first-order chi connectivity index (χ1) is 8.86. The molecule has 1 atom stereocenters. The summed E-state index contributed by atoms with van der Waals surface area (Å²) in [5.74, 6) is 0.431. The molecule has 0 heterocycles. The van der Waals surface area contributed by atoms with Crippen molar-refractivity contribution >= 4 is 15.7 Å². The summed E-state index contributed by atoms with van der Waals surface area (Å²) >= 11 is 0. The number of nitrogen functional groups attached to an aromatic ring is 1. The van der Waals surface area contributed by atoms with Gasteiger partial charge in [0.15, 0.2) is 0 Å². The molecule has 1 rings (SSSR count).